The molecule has 24 heavy (non-hydrogen) atoms. The number of aromatic nitrogens is 2. The highest BCUT2D eigenvalue weighted by molar-refractivity contribution is 5.96. The third kappa shape index (κ3) is 3.52. The van der Waals surface area contributed by atoms with Crippen molar-refractivity contribution in [1.82, 2.24) is 14.7 Å². The molecule has 1 aromatic heterocycles. The van der Waals surface area contributed by atoms with Crippen molar-refractivity contribution >= 4 is 11.7 Å². The second kappa shape index (κ2) is 7.03. The standard InChI is InChI=1S/C17H27N3O4/c1-5-17(24)7-9-19(10-14(17)22)15(23)6-8-20-12(3)16(13(4)21)11(2)18-20/h14,22,24H,5-10H2,1-4H3/t14-,17-/m1/s1. The van der Waals surface area contributed by atoms with Gasteiger partial charge >= 0.3 is 0 Å². The second-order valence-electron chi connectivity index (χ2n) is 6.64. The summed E-state index contributed by atoms with van der Waals surface area (Å²) in [5, 5.41) is 24.7. The molecule has 2 atom stereocenters. The van der Waals surface area contributed by atoms with Crippen LogP contribution in [0.5, 0.6) is 0 Å². The fourth-order valence-electron chi connectivity index (χ4n) is 3.39. The first-order chi connectivity index (χ1) is 11.2. The zero-order chi connectivity index (χ0) is 18.1. The van der Waals surface area contributed by atoms with Crippen molar-refractivity contribution in [2.75, 3.05) is 13.1 Å². The van der Waals surface area contributed by atoms with E-state index in [1.807, 2.05) is 13.8 Å². The van der Waals surface area contributed by atoms with Crippen molar-refractivity contribution in [3.8, 4) is 0 Å². The van der Waals surface area contributed by atoms with E-state index in [4.69, 9.17) is 0 Å². The number of hydrogen-bond donors (Lipinski definition) is 2. The van der Waals surface area contributed by atoms with Gasteiger partial charge in [-0.25, -0.2) is 0 Å². The van der Waals surface area contributed by atoms with E-state index in [2.05, 4.69) is 5.10 Å². The first kappa shape index (κ1) is 18.6. The van der Waals surface area contributed by atoms with Crippen molar-refractivity contribution in [3.05, 3.63) is 17.0 Å². The summed E-state index contributed by atoms with van der Waals surface area (Å²) in [4.78, 5) is 25.6. The van der Waals surface area contributed by atoms with E-state index in [0.29, 0.717) is 37.2 Å². The average molecular weight is 337 g/mol. The largest absolute Gasteiger partial charge is 0.388 e. The van der Waals surface area contributed by atoms with E-state index in [-0.39, 0.29) is 24.7 Å². The number of Topliss-reactive ketones (excluding diaryl/α,β-unsaturated/α-hetero) is 1. The van der Waals surface area contributed by atoms with E-state index >= 15 is 0 Å². The summed E-state index contributed by atoms with van der Waals surface area (Å²) in [6.07, 6.45) is 0.176. The summed E-state index contributed by atoms with van der Waals surface area (Å²) in [6, 6.07) is 0. The van der Waals surface area contributed by atoms with Gasteiger partial charge in [-0.15, -0.1) is 0 Å². The number of amides is 1. The van der Waals surface area contributed by atoms with E-state index in [1.165, 1.54) is 6.92 Å². The molecule has 0 radical (unpaired) electrons. The SMILES string of the molecule is CC[C@@]1(O)CCN(C(=O)CCn2nc(C)c(C(C)=O)c2C)C[C@H]1O. The number of likely N-dealkylation sites (tertiary alicyclic amines) is 1. The molecule has 1 aliphatic rings. The van der Waals surface area contributed by atoms with Crippen LogP contribution in [0.1, 0.15) is 54.9 Å². The Morgan fingerprint density at radius 1 is 1.38 bits per heavy atom. The average Bonchev–Trinajstić information content (AvgIpc) is 2.81. The number of rotatable bonds is 5. The third-order valence-electron chi connectivity index (χ3n) is 5.06. The molecule has 0 aromatic carbocycles. The molecule has 2 heterocycles. The molecule has 1 saturated heterocycles. The van der Waals surface area contributed by atoms with E-state index in [1.54, 1.807) is 16.5 Å². The van der Waals surface area contributed by atoms with Gasteiger partial charge in [-0.05, 0) is 33.6 Å². The number of aryl methyl sites for hydroxylation is 2. The maximum absolute atomic E-state index is 12.4. The smallest absolute Gasteiger partial charge is 0.224 e. The minimum Gasteiger partial charge on any atom is -0.388 e. The highest BCUT2D eigenvalue weighted by Gasteiger charge is 2.40. The summed E-state index contributed by atoms with van der Waals surface area (Å²) in [5.41, 5.74) is 0.965. The number of β-amino-alcohol motifs (C(OH)–C–C–N with tert-alkyl or cyclic N) is 1. The van der Waals surface area contributed by atoms with Crippen LogP contribution in [0.15, 0.2) is 0 Å². The molecule has 0 aliphatic carbocycles. The Morgan fingerprint density at radius 3 is 2.54 bits per heavy atom. The molecular formula is C17H27N3O4. The number of nitrogens with zero attached hydrogens (tertiary/aromatic N) is 3. The number of hydrogen-bond acceptors (Lipinski definition) is 5. The van der Waals surface area contributed by atoms with Crippen LogP contribution in [0.25, 0.3) is 0 Å². The Hall–Kier alpha value is -1.73. The lowest BCUT2D eigenvalue weighted by molar-refractivity contribution is -0.150. The van der Waals surface area contributed by atoms with Crippen LogP contribution in [0.2, 0.25) is 0 Å². The van der Waals surface area contributed by atoms with Crippen molar-refractivity contribution in [3.63, 3.8) is 0 Å². The Kier molecular flexibility index (Phi) is 5.45. The van der Waals surface area contributed by atoms with Gasteiger partial charge in [-0.1, -0.05) is 6.92 Å². The van der Waals surface area contributed by atoms with Crippen LogP contribution in [0.4, 0.5) is 0 Å². The summed E-state index contributed by atoms with van der Waals surface area (Å²) in [6.45, 7) is 7.94. The van der Waals surface area contributed by atoms with E-state index in [9.17, 15) is 19.8 Å². The van der Waals surface area contributed by atoms with Crippen molar-refractivity contribution in [1.29, 1.82) is 0 Å². The summed E-state index contributed by atoms with van der Waals surface area (Å²) >= 11 is 0. The minimum absolute atomic E-state index is 0.0272. The number of aliphatic hydroxyl groups excluding tert-OH is 1. The van der Waals surface area contributed by atoms with Crippen molar-refractivity contribution in [2.24, 2.45) is 0 Å². The van der Waals surface area contributed by atoms with Crippen molar-refractivity contribution < 1.29 is 19.8 Å². The number of piperidine rings is 1. The second-order valence-corrected chi connectivity index (χ2v) is 6.64. The monoisotopic (exact) mass is 337 g/mol. The predicted octanol–water partition coefficient (Wildman–Crippen LogP) is 0.827. The maximum Gasteiger partial charge on any atom is 0.224 e. The third-order valence-corrected chi connectivity index (χ3v) is 5.06. The molecule has 0 unspecified atom stereocenters. The first-order valence-corrected chi connectivity index (χ1v) is 8.42. The highest BCUT2D eigenvalue weighted by Crippen LogP contribution is 2.26. The molecule has 1 aliphatic heterocycles. The molecule has 1 amide bonds. The van der Waals surface area contributed by atoms with Gasteiger partial charge in [0.05, 0.1) is 16.9 Å². The topological polar surface area (TPSA) is 95.7 Å². The molecule has 7 heteroatoms. The van der Waals surface area contributed by atoms with Gasteiger partial charge in [0.2, 0.25) is 5.91 Å². The van der Waals surface area contributed by atoms with E-state index in [0.717, 1.165) is 5.69 Å². The van der Waals surface area contributed by atoms with Gasteiger partial charge in [0.15, 0.2) is 5.78 Å². The lowest BCUT2D eigenvalue weighted by Crippen LogP contribution is -2.56. The van der Waals surface area contributed by atoms with Gasteiger partial charge in [-0.3, -0.25) is 14.3 Å². The zero-order valence-corrected chi connectivity index (χ0v) is 14.9. The van der Waals surface area contributed by atoms with Gasteiger partial charge in [0, 0.05) is 31.7 Å². The molecule has 134 valence electrons. The quantitative estimate of drug-likeness (QED) is 0.776. The van der Waals surface area contributed by atoms with Gasteiger partial charge in [0.1, 0.15) is 6.10 Å². The van der Waals surface area contributed by atoms with Gasteiger partial charge in [0.25, 0.3) is 0 Å². The zero-order valence-electron chi connectivity index (χ0n) is 14.9. The fraction of sp³-hybridized carbons (Fsp3) is 0.706. The molecular weight excluding hydrogens is 310 g/mol. The summed E-state index contributed by atoms with van der Waals surface area (Å²) < 4.78 is 1.69. The van der Waals surface area contributed by atoms with Gasteiger partial charge < -0.3 is 15.1 Å². The molecule has 0 bridgehead atoms. The Morgan fingerprint density at radius 2 is 2.04 bits per heavy atom. The molecule has 1 aromatic rings. The normalized spacial score (nSPS) is 24.2. The predicted molar refractivity (Wildman–Crippen MR) is 88.8 cm³/mol. The van der Waals surface area contributed by atoms with Crippen molar-refractivity contribution in [2.45, 2.75) is 65.2 Å². The Balaban J connectivity index is 1.97. The molecule has 2 rings (SSSR count). The van der Waals surface area contributed by atoms with Gasteiger partial charge in [-0.2, -0.15) is 5.10 Å². The highest BCUT2D eigenvalue weighted by atomic mass is 16.3. The van der Waals surface area contributed by atoms with Crippen LogP contribution in [0.3, 0.4) is 0 Å². The minimum atomic E-state index is -1.09. The lowest BCUT2D eigenvalue weighted by atomic mass is 9.86. The van der Waals surface area contributed by atoms with Crippen LogP contribution in [-0.4, -0.2) is 61.4 Å². The molecule has 2 N–H and O–H groups in total. The number of carbonyl (C=O) groups is 2. The summed E-state index contributed by atoms with van der Waals surface area (Å²) in [5.74, 6) is -0.107. The summed E-state index contributed by atoms with van der Waals surface area (Å²) in [7, 11) is 0. The molecule has 0 saturated carbocycles. The van der Waals surface area contributed by atoms with Crippen LogP contribution in [0, 0.1) is 13.8 Å². The Bertz CT molecular complexity index is 640. The molecule has 7 nitrogen and oxygen atoms in total. The molecule has 0 spiro atoms. The lowest BCUT2D eigenvalue weighted by Gasteiger charge is -2.41. The van der Waals surface area contributed by atoms with E-state index < -0.39 is 11.7 Å². The van der Waals surface area contributed by atoms with Crippen LogP contribution < -0.4 is 0 Å². The maximum atomic E-state index is 12.4. The van der Waals surface area contributed by atoms with Crippen LogP contribution in [-0.2, 0) is 11.3 Å². The Labute approximate surface area is 142 Å². The van der Waals surface area contributed by atoms with Crippen LogP contribution >= 0.6 is 0 Å². The molecule has 1 fully saturated rings. The number of ketones is 1. The first-order valence-electron chi connectivity index (χ1n) is 8.42. The number of aliphatic hydroxyl groups is 2. The number of carbonyl (C=O) groups excluding carboxylic acids is 2. The fourth-order valence-corrected chi connectivity index (χ4v) is 3.39.